The minimum Gasteiger partial charge on any atom is -0.373 e. The molecule has 1 aliphatic heterocycles. The number of benzene rings is 1. The van der Waals surface area contributed by atoms with Crippen LogP contribution in [-0.2, 0) is 16.1 Å². The number of carbonyl (C=O) groups is 1. The van der Waals surface area contributed by atoms with Crippen molar-refractivity contribution in [2.75, 3.05) is 26.2 Å². The molecule has 138 valence electrons. The van der Waals surface area contributed by atoms with Crippen LogP contribution >= 0.6 is 0 Å². The first-order valence-electron chi connectivity index (χ1n) is 9.08. The fraction of sp³-hybridized carbons (Fsp3) is 0.579. The van der Waals surface area contributed by atoms with E-state index in [4.69, 9.17) is 4.74 Å². The molecule has 2 rings (SSSR count). The Morgan fingerprint density at radius 1 is 1.24 bits per heavy atom. The Bertz CT molecular complexity index is 554. The Labute approximate surface area is 150 Å². The van der Waals surface area contributed by atoms with E-state index >= 15 is 0 Å². The first kappa shape index (κ1) is 19.2. The lowest BCUT2D eigenvalue weighted by Gasteiger charge is -2.21. The number of ether oxygens (including phenoxy) is 1. The van der Waals surface area contributed by atoms with E-state index in [0.29, 0.717) is 26.1 Å². The predicted octanol–water partition coefficient (Wildman–Crippen LogP) is 1.82. The fourth-order valence-corrected chi connectivity index (χ4v) is 2.73. The van der Waals surface area contributed by atoms with Crippen molar-refractivity contribution < 1.29 is 9.53 Å². The zero-order valence-corrected chi connectivity index (χ0v) is 15.3. The van der Waals surface area contributed by atoms with Crippen molar-refractivity contribution in [2.24, 2.45) is 4.99 Å². The second-order valence-electron chi connectivity index (χ2n) is 6.54. The Morgan fingerprint density at radius 3 is 2.72 bits per heavy atom. The molecule has 1 fully saturated rings. The summed E-state index contributed by atoms with van der Waals surface area (Å²) < 4.78 is 5.76. The number of amides is 1. The molecule has 1 saturated heterocycles. The molecular formula is C19H30N4O2. The van der Waals surface area contributed by atoms with E-state index in [9.17, 15) is 4.79 Å². The molecule has 25 heavy (non-hydrogen) atoms. The lowest BCUT2D eigenvalue weighted by molar-refractivity contribution is -0.121. The molecule has 1 heterocycles. The van der Waals surface area contributed by atoms with Crippen LogP contribution in [0.2, 0.25) is 0 Å². The van der Waals surface area contributed by atoms with Crippen LogP contribution in [0.3, 0.4) is 0 Å². The molecule has 1 aromatic carbocycles. The van der Waals surface area contributed by atoms with E-state index in [1.807, 2.05) is 37.3 Å². The summed E-state index contributed by atoms with van der Waals surface area (Å²) >= 11 is 0. The molecule has 1 atom stereocenters. The van der Waals surface area contributed by atoms with Gasteiger partial charge in [0, 0.05) is 32.7 Å². The van der Waals surface area contributed by atoms with Crippen molar-refractivity contribution in [1.29, 1.82) is 0 Å². The van der Waals surface area contributed by atoms with Gasteiger partial charge in [-0.05, 0) is 32.3 Å². The summed E-state index contributed by atoms with van der Waals surface area (Å²) in [5.74, 6) is 0.758. The molecule has 0 radical (unpaired) electrons. The molecule has 6 heteroatoms. The maximum absolute atomic E-state index is 11.9. The molecule has 3 N–H and O–H groups in total. The summed E-state index contributed by atoms with van der Waals surface area (Å²) in [6, 6.07) is 9.90. The zero-order valence-electron chi connectivity index (χ0n) is 15.3. The van der Waals surface area contributed by atoms with Crippen LogP contribution in [0.25, 0.3) is 0 Å². The zero-order chi connectivity index (χ0) is 18.0. The van der Waals surface area contributed by atoms with Gasteiger partial charge in [-0.2, -0.15) is 0 Å². The third-order valence-corrected chi connectivity index (χ3v) is 4.19. The van der Waals surface area contributed by atoms with Crippen LogP contribution in [0.15, 0.2) is 35.3 Å². The average Bonchev–Trinajstić information content (AvgIpc) is 3.06. The van der Waals surface area contributed by atoms with Crippen molar-refractivity contribution in [3.8, 4) is 0 Å². The summed E-state index contributed by atoms with van der Waals surface area (Å²) in [4.78, 5) is 16.5. The molecule has 1 aromatic rings. The van der Waals surface area contributed by atoms with Crippen LogP contribution in [-0.4, -0.2) is 43.7 Å². The maximum Gasteiger partial charge on any atom is 0.222 e. The number of rotatable bonds is 8. The molecule has 0 aromatic heterocycles. The van der Waals surface area contributed by atoms with E-state index in [-0.39, 0.29) is 11.5 Å². The summed E-state index contributed by atoms with van der Waals surface area (Å²) in [5.41, 5.74) is 0.943. The van der Waals surface area contributed by atoms with Crippen molar-refractivity contribution in [3.05, 3.63) is 35.9 Å². The van der Waals surface area contributed by atoms with E-state index in [2.05, 4.69) is 27.9 Å². The highest BCUT2D eigenvalue weighted by atomic mass is 16.5. The summed E-state index contributed by atoms with van der Waals surface area (Å²) in [6.07, 6.45) is 2.54. The lowest BCUT2D eigenvalue weighted by Crippen LogP contribution is -2.40. The van der Waals surface area contributed by atoms with E-state index in [1.165, 1.54) is 0 Å². The molecule has 0 spiro atoms. The normalized spacial score (nSPS) is 20.3. The van der Waals surface area contributed by atoms with Crippen molar-refractivity contribution in [2.45, 2.75) is 45.3 Å². The molecule has 1 aliphatic rings. The van der Waals surface area contributed by atoms with Gasteiger partial charge in [0.15, 0.2) is 5.96 Å². The minimum absolute atomic E-state index is 0.0262. The number of hydrogen-bond acceptors (Lipinski definition) is 3. The Morgan fingerprint density at radius 2 is 2.04 bits per heavy atom. The van der Waals surface area contributed by atoms with Gasteiger partial charge in [-0.1, -0.05) is 30.3 Å². The highest BCUT2D eigenvalue weighted by Crippen LogP contribution is 2.24. The van der Waals surface area contributed by atoms with Crippen LogP contribution in [0.1, 0.15) is 38.7 Å². The second-order valence-corrected chi connectivity index (χ2v) is 6.54. The van der Waals surface area contributed by atoms with Crippen LogP contribution in [0.4, 0.5) is 0 Å². The van der Waals surface area contributed by atoms with Crippen LogP contribution < -0.4 is 16.0 Å². The van der Waals surface area contributed by atoms with Gasteiger partial charge in [0.25, 0.3) is 0 Å². The number of nitrogens with one attached hydrogen (secondary N) is 3. The van der Waals surface area contributed by atoms with Gasteiger partial charge < -0.3 is 20.7 Å². The first-order valence-corrected chi connectivity index (χ1v) is 9.08. The molecule has 0 saturated carbocycles. The van der Waals surface area contributed by atoms with Crippen molar-refractivity contribution in [3.63, 3.8) is 0 Å². The summed E-state index contributed by atoms with van der Waals surface area (Å²) in [7, 11) is 0. The Kier molecular flexibility index (Phi) is 7.73. The molecule has 0 bridgehead atoms. The lowest BCUT2D eigenvalue weighted by atomic mass is 10.0. The van der Waals surface area contributed by atoms with Crippen molar-refractivity contribution in [1.82, 2.24) is 16.0 Å². The van der Waals surface area contributed by atoms with Gasteiger partial charge in [0.2, 0.25) is 5.91 Å². The quantitative estimate of drug-likeness (QED) is 0.496. The van der Waals surface area contributed by atoms with Gasteiger partial charge in [-0.15, -0.1) is 0 Å². The average molecular weight is 346 g/mol. The molecule has 0 aliphatic carbocycles. The van der Waals surface area contributed by atoms with Crippen LogP contribution in [0.5, 0.6) is 0 Å². The van der Waals surface area contributed by atoms with E-state index in [0.717, 1.165) is 37.5 Å². The number of aliphatic imine (C=N–C) groups is 1. The summed E-state index contributed by atoms with van der Waals surface area (Å²) in [5, 5.41) is 9.35. The minimum atomic E-state index is -0.157. The number of nitrogens with zero attached hydrogens (tertiary/aromatic N) is 1. The largest absolute Gasteiger partial charge is 0.373 e. The van der Waals surface area contributed by atoms with Gasteiger partial charge in [0.05, 0.1) is 12.1 Å². The van der Waals surface area contributed by atoms with Crippen molar-refractivity contribution >= 4 is 11.9 Å². The monoisotopic (exact) mass is 346 g/mol. The van der Waals surface area contributed by atoms with Gasteiger partial charge in [-0.25, -0.2) is 0 Å². The SMILES string of the molecule is CCNC(=NCC1(C)CCCO1)NCCC(=O)NCc1ccccc1. The van der Waals surface area contributed by atoms with Gasteiger partial charge in [-0.3, -0.25) is 9.79 Å². The predicted molar refractivity (Wildman–Crippen MR) is 100 cm³/mol. The van der Waals surface area contributed by atoms with E-state index in [1.54, 1.807) is 0 Å². The first-order chi connectivity index (χ1) is 12.1. The second kappa shape index (κ2) is 10.0. The number of hydrogen-bond donors (Lipinski definition) is 3. The van der Waals surface area contributed by atoms with E-state index < -0.39 is 0 Å². The highest BCUT2D eigenvalue weighted by molar-refractivity contribution is 5.81. The molecule has 6 nitrogen and oxygen atoms in total. The number of carbonyl (C=O) groups excluding carboxylic acids is 1. The van der Waals surface area contributed by atoms with Gasteiger partial charge in [0.1, 0.15) is 0 Å². The third kappa shape index (κ3) is 7.13. The standard InChI is InChI=1S/C19H30N4O2/c1-3-20-18(23-15-19(2)11-7-13-25-19)21-12-10-17(24)22-14-16-8-5-4-6-9-16/h4-6,8-9H,3,7,10-15H2,1-2H3,(H,22,24)(H2,20,21,23). The Balaban J connectivity index is 1.70. The molecular weight excluding hydrogens is 316 g/mol. The summed E-state index contributed by atoms with van der Waals surface area (Å²) in [6.45, 7) is 7.46. The smallest absolute Gasteiger partial charge is 0.222 e. The highest BCUT2D eigenvalue weighted by Gasteiger charge is 2.29. The molecule has 1 unspecified atom stereocenters. The number of guanidine groups is 1. The fourth-order valence-electron chi connectivity index (χ4n) is 2.73. The molecule has 1 amide bonds. The van der Waals surface area contributed by atoms with Gasteiger partial charge >= 0.3 is 0 Å². The Hall–Kier alpha value is -2.08. The topological polar surface area (TPSA) is 74.8 Å². The third-order valence-electron chi connectivity index (χ3n) is 4.19. The van der Waals surface area contributed by atoms with Crippen LogP contribution in [0, 0.1) is 0 Å². The maximum atomic E-state index is 11.9.